The first kappa shape index (κ1) is 14.9. The predicted molar refractivity (Wildman–Crippen MR) is 67.9 cm³/mol. The highest BCUT2D eigenvalue weighted by atomic mass is 16.5. The highest BCUT2D eigenvalue weighted by molar-refractivity contribution is 5.87. The van der Waals surface area contributed by atoms with Crippen molar-refractivity contribution in [3.05, 3.63) is 18.1 Å². The lowest BCUT2D eigenvalue weighted by molar-refractivity contribution is -0.141. The quantitative estimate of drug-likeness (QED) is 0.565. The molecule has 1 rings (SSSR count). The highest BCUT2D eigenvalue weighted by Gasteiger charge is 2.10. The molecule has 0 aliphatic rings. The molecule has 19 heavy (non-hydrogen) atoms. The molecule has 7 nitrogen and oxygen atoms in total. The smallest absolute Gasteiger partial charge is 0.358 e. The molecule has 0 aliphatic heterocycles. The number of carboxylic acids is 1. The molecule has 0 aromatic carbocycles. The van der Waals surface area contributed by atoms with Gasteiger partial charge in [-0.25, -0.2) is 9.78 Å². The van der Waals surface area contributed by atoms with Crippen molar-refractivity contribution in [2.24, 2.45) is 5.92 Å². The van der Waals surface area contributed by atoms with Crippen molar-refractivity contribution < 1.29 is 19.4 Å². The van der Waals surface area contributed by atoms with E-state index in [0.29, 0.717) is 25.2 Å². The van der Waals surface area contributed by atoms with Crippen LogP contribution in [0.3, 0.4) is 0 Å². The van der Waals surface area contributed by atoms with E-state index in [1.165, 1.54) is 19.5 Å². The fourth-order valence-electron chi connectivity index (χ4n) is 1.40. The number of nitrogens with one attached hydrogen (secondary N) is 1. The first-order valence-electron chi connectivity index (χ1n) is 5.91. The van der Waals surface area contributed by atoms with E-state index in [1.807, 2.05) is 0 Å². The van der Waals surface area contributed by atoms with Crippen LogP contribution >= 0.6 is 0 Å². The van der Waals surface area contributed by atoms with E-state index in [-0.39, 0.29) is 11.6 Å². The number of rotatable bonds is 7. The van der Waals surface area contributed by atoms with Crippen LogP contribution in [-0.4, -0.2) is 40.7 Å². The van der Waals surface area contributed by atoms with Gasteiger partial charge in [0.1, 0.15) is 5.82 Å². The van der Waals surface area contributed by atoms with Gasteiger partial charge in [-0.15, -0.1) is 0 Å². The number of ether oxygens (including phenoxy) is 1. The topological polar surface area (TPSA) is 101 Å². The molecule has 7 heteroatoms. The second-order valence-electron chi connectivity index (χ2n) is 4.09. The van der Waals surface area contributed by atoms with Crippen LogP contribution in [0.4, 0.5) is 5.82 Å². The number of aromatic nitrogens is 2. The molecule has 1 atom stereocenters. The summed E-state index contributed by atoms with van der Waals surface area (Å²) in [4.78, 5) is 29.8. The van der Waals surface area contributed by atoms with E-state index in [9.17, 15) is 9.59 Å². The van der Waals surface area contributed by atoms with Gasteiger partial charge in [0, 0.05) is 6.54 Å². The van der Waals surface area contributed by atoms with Crippen molar-refractivity contribution in [2.45, 2.75) is 19.8 Å². The molecule has 0 bridgehead atoms. The third-order valence-corrected chi connectivity index (χ3v) is 2.57. The normalized spacial score (nSPS) is 11.7. The molecule has 0 saturated carbocycles. The fourth-order valence-corrected chi connectivity index (χ4v) is 1.40. The second-order valence-corrected chi connectivity index (χ2v) is 4.09. The highest BCUT2D eigenvalue weighted by Crippen LogP contribution is 2.07. The Morgan fingerprint density at radius 1 is 1.47 bits per heavy atom. The van der Waals surface area contributed by atoms with Gasteiger partial charge in [-0.05, 0) is 12.8 Å². The molecule has 0 fully saturated rings. The Balaban J connectivity index is 2.41. The average Bonchev–Trinajstić information content (AvgIpc) is 2.42. The van der Waals surface area contributed by atoms with E-state index in [2.05, 4.69) is 20.0 Å². The first-order chi connectivity index (χ1) is 9.04. The van der Waals surface area contributed by atoms with Crippen LogP contribution in [0.2, 0.25) is 0 Å². The van der Waals surface area contributed by atoms with Crippen molar-refractivity contribution in [1.82, 2.24) is 9.97 Å². The van der Waals surface area contributed by atoms with Crippen molar-refractivity contribution >= 4 is 17.8 Å². The Kier molecular flexibility index (Phi) is 5.72. The largest absolute Gasteiger partial charge is 0.481 e. The number of methoxy groups -OCH3 is 1. The van der Waals surface area contributed by atoms with Gasteiger partial charge < -0.3 is 15.2 Å². The maximum Gasteiger partial charge on any atom is 0.358 e. The van der Waals surface area contributed by atoms with Gasteiger partial charge in [0.15, 0.2) is 5.69 Å². The minimum atomic E-state index is -0.799. The zero-order valence-corrected chi connectivity index (χ0v) is 10.9. The molecule has 1 aromatic rings. The molecule has 0 radical (unpaired) electrons. The van der Waals surface area contributed by atoms with E-state index < -0.39 is 11.9 Å². The zero-order valence-electron chi connectivity index (χ0n) is 10.9. The van der Waals surface area contributed by atoms with E-state index in [1.54, 1.807) is 6.92 Å². The number of carboxylic acid groups (broad SMARTS) is 1. The van der Waals surface area contributed by atoms with Crippen molar-refractivity contribution in [1.29, 1.82) is 0 Å². The molecule has 0 amide bonds. The Labute approximate surface area is 111 Å². The van der Waals surface area contributed by atoms with Gasteiger partial charge in [0.2, 0.25) is 0 Å². The molecule has 104 valence electrons. The monoisotopic (exact) mass is 267 g/mol. The molecule has 2 N–H and O–H groups in total. The van der Waals surface area contributed by atoms with Gasteiger partial charge >= 0.3 is 11.9 Å². The van der Waals surface area contributed by atoms with Crippen molar-refractivity contribution in [2.75, 3.05) is 19.0 Å². The summed E-state index contributed by atoms with van der Waals surface area (Å²) in [5.74, 6) is -1.25. The van der Waals surface area contributed by atoms with Crippen LogP contribution in [0, 0.1) is 5.92 Å². The van der Waals surface area contributed by atoms with Crippen LogP contribution in [0.15, 0.2) is 12.4 Å². The lowest BCUT2D eigenvalue weighted by atomic mass is 10.1. The summed E-state index contributed by atoms with van der Waals surface area (Å²) in [6, 6.07) is 0. The minimum Gasteiger partial charge on any atom is -0.481 e. The van der Waals surface area contributed by atoms with Crippen LogP contribution in [0.25, 0.3) is 0 Å². The summed E-state index contributed by atoms with van der Waals surface area (Å²) in [6.45, 7) is 2.23. The summed E-state index contributed by atoms with van der Waals surface area (Å²) >= 11 is 0. The molecule has 1 unspecified atom stereocenters. The third kappa shape index (κ3) is 4.90. The average molecular weight is 267 g/mol. The van der Waals surface area contributed by atoms with Crippen LogP contribution in [0.5, 0.6) is 0 Å². The third-order valence-electron chi connectivity index (χ3n) is 2.57. The van der Waals surface area contributed by atoms with Crippen molar-refractivity contribution in [3.63, 3.8) is 0 Å². The summed E-state index contributed by atoms with van der Waals surface area (Å²) < 4.78 is 4.54. The van der Waals surface area contributed by atoms with Gasteiger partial charge in [-0.2, -0.15) is 0 Å². The number of carbonyl (C=O) groups excluding carboxylic acids is 1. The Morgan fingerprint density at radius 2 is 2.21 bits per heavy atom. The number of carbonyl (C=O) groups is 2. The lowest BCUT2D eigenvalue weighted by Gasteiger charge is -2.08. The lowest BCUT2D eigenvalue weighted by Crippen LogP contribution is -2.13. The summed E-state index contributed by atoms with van der Waals surface area (Å²) in [6.07, 6.45) is 4.08. The summed E-state index contributed by atoms with van der Waals surface area (Å²) in [7, 11) is 1.28. The van der Waals surface area contributed by atoms with Crippen molar-refractivity contribution in [3.8, 4) is 0 Å². The molecule has 1 heterocycles. The zero-order chi connectivity index (χ0) is 14.3. The van der Waals surface area contributed by atoms with E-state index in [4.69, 9.17) is 5.11 Å². The number of anilines is 1. The van der Waals surface area contributed by atoms with Gasteiger partial charge in [0.05, 0.1) is 25.4 Å². The maximum atomic E-state index is 11.2. The van der Waals surface area contributed by atoms with Crippen LogP contribution in [-0.2, 0) is 9.53 Å². The Morgan fingerprint density at radius 3 is 2.84 bits per heavy atom. The second kappa shape index (κ2) is 7.30. The van der Waals surface area contributed by atoms with E-state index >= 15 is 0 Å². The Hall–Kier alpha value is -2.18. The maximum absolute atomic E-state index is 11.2. The number of nitrogens with zero attached hydrogens (tertiary/aromatic N) is 2. The van der Waals surface area contributed by atoms with Gasteiger partial charge in [0.25, 0.3) is 0 Å². The molecular weight excluding hydrogens is 250 g/mol. The van der Waals surface area contributed by atoms with Gasteiger partial charge in [-0.3, -0.25) is 9.78 Å². The molecule has 0 spiro atoms. The molecule has 0 saturated heterocycles. The van der Waals surface area contributed by atoms with Gasteiger partial charge in [-0.1, -0.05) is 6.92 Å². The molecule has 0 aliphatic carbocycles. The standard InChI is InChI=1S/C12H17N3O4/c1-8(11(16)17)4-3-5-14-10-7-13-6-9(15-10)12(18)19-2/h6-8H,3-5H2,1-2H3,(H,14,15)(H,16,17). The SMILES string of the molecule is COC(=O)c1cncc(NCCCC(C)C(=O)O)n1. The molecular formula is C12H17N3O4. The summed E-state index contributed by atoms with van der Waals surface area (Å²) in [5.41, 5.74) is 0.131. The number of aliphatic carboxylic acids is 1. The van der Waals surface area contributed by atoms with E-state index in [0.717, 1.165) is 0 Å². The van der Waals surface area contributed by atoms with Crippen LogP contribution < -0.4 is 5.32 Å². The fraction of sp³-hybridized carbons (Fsp3) is 0.500. The van der Waals surface area contributed by atoms with Crippen LogP contribution in [0.1, 0.15) is 30.3 Å². The molecule has 1 aromatic heterocycles. The summed E-state index contributed by atoms with van der Waals surface area (Å²) in [5, 5.41) is 11.7. The Bertz CT molecular complexity index is 450. The first-order valence-corrected chi connectivity index (χ1v) is 5.91. The number of esters is 1. The number of hydrogen-bond donors (Lipinski definition) is 2. The minimum absolute atomic E-state index is 0.131. The predicted octanol–water partition coefficient (Wildman–Crippen LogP) is 1.18. The number of hydrogen-bond acceptors (Lipinski definition) is 6.